The van der Waals surface area contributed by atoms with E-state index < -0.39 is 18.9 Å². The molecule has 0 aromatic heterocycles. The molecule has 0 unspecified atom stereocenters. The zero-order valence-electron chi connectivity index (χ0n) is 8.26. The van der Waals surface area contributed by atoms with Crippen LogP contribution in [-0.2, 0) is 0 Å². The molecule has 0 aliphatic heterocycles. The second-order valence-electron chi connectivity index (χ2n) is 3.18. The van der Waals surface area contributed by atoms with E-state index in [1.54, 1.807) is 19.1 Å². The zero-order valence-corrected chi connectivity index (χ0v) is 8.26. The molecule has 1 rings (SSSR count). The average molecular weight is 214 g/mol. The highest BCUT2D eigenvalue weighted by Gasteiger charge is 2.11. The second-order valence-corrected chi connectivity index (χ2v) is 3.18. The highest BCUT2D eigenvalue weighted by Crippen LogP contribution is 2.12. The minimum atomic E-state index is -2.55. The predicted molar refractivity (Wildman–Crippen MR) is 53.9 cm³/mol. The maximum atomic E-state index is 11.9. The highest BCUT2D eigenvalue weighted by atomic mass is 19.3. The second kappa shape index (κ2) is 4.72. The van der Waals surface area contributed by atoms with Gasteiger partial charge in [0.2, 0.25) is 0 Å². The Morgan fingerprint density at radius 2 is 2.20 bits per heavy atom. The van der Waals surface area contributed by atoms with Crippen molar-refractivity contribution in [2.24, 2.45) is 0 Å². The van der Waals surface area contributed by atoms with Gasteiger partial charge >= 0.3 is 0 Å². The highest BCUT2D eigenvalue weighted by molar-refractivity contribution is 5.96. The number of hydrogen-bond donors (Lipinski definition) is 2. The minimum Gasteiger partial charge on any atom is -0.399 e. The molecule has 0 atom stereocenters. The van der Waals surface area contributed by atoms with Crippen molar-refractivity contribution in [2.75, 3.05) is 12.3 Å². The maximum absolute atomic E-state index is 11.9. The molecular formula is C10H12F2N2O. The Kier molecular flexibility index (Phi) is 3.60. The van der Waals surface area contributed by atoms with Crippen molar-refractivity contribution in [1.82, 2.24) is 5.32 Å². The summed E-state index contributed by atoms with van der Waals surface area (Å²) in [5.41, 5.74) is 6.96. The summed E-state index contributed by atoms with van der Waals surface area (Å²) in [6, 6.07) is 4.79. The number of nitrogen functional groups attached to an aromatic ring is 1. The standard InChI is InChI=1S/C10H12F2N2O/c1-6-2-3-7(13)4-8(6)10(15)14-5-9(11)12/h2-4,9H,5,13H2,1H3,(H,14,15). The van der Waals surface area contributed by atoms with Crippen molar-refractivity contribution < 1.29 is 13.6 Å². The quantitative estimate of drug-likeness (QED) is 0.750. The van der Waals surface area contributed by atoms with Crippen molar-refractivity contribution in [3.63, 3.8) is 0 Å². The summed E-state index contributed by atoms with van der Waals surface area (Å²) < 4.78 is 23.7. The molecule has 0 fully saturated rings. The summed E-state index contributed by atoms with van der Waals surface area (Å²) in [5, 5.41) is 2.12. The van der Waals surface area contributed by atoms with Crippen LogP contribution in [0, 0.1) is 6.92 Å². The minimum absolute atomic E-state index is 0.329. The van der Waals surface area contributed by atoms with E-state index in [0.717, 1.165) is 0 Å². The summed E-state index contributed by atoms with van der Waals surface area (Å²) in [5.74, 6) is -0.528. The van der Waals surface area contributed by atoms with Crippen LogP contribution in [0.25, 0.3) is 0 Å². The van der Waals surface area contributed by atoms with Gasteiger partial charge in [-0.3, -0.25) is 4.79 Å². The summed E-state index contributed by atoms with van der Waals surface area (Å²) in [6.45, 7) is 1.07. The van der Waals surface area contributed by atoms with Gasteiger partial charge in [0, 0.05) is 11.3 Å². The number of nitrogens with one attached hydrogen (secondary N) is 1. The van der Waals surface area contributed by atoms with Crippen LogP contribution in [0.1, 0.15) is 15.9 Å². The van der Waals surface area contributed by atoms with Crippen molar-refractivity contribution in [3.8, 4) is 0 Å². The Hall–Kier alpha value is -1.65. The number of aryl methyl sites for hydroxylation is 1. The zero-order chi connectivity index (χ0) is 11.4. The van der Waals surface area contributed by atoms with E-state index in [1.165, 1.54) is 6.07 Å². The summed E-state index contributed by atoms with van der Waals surface area (Å²) in [6.07, 6.45) is -2.55. The average Bonchev–Trinajstić information content (AvgIpc) is 2.18. The van der Waals surface area contributed by atoms with Crippen LogP contribution >= 0.6 is 0 Å². The molecule has 0 spiro atoms. The van der Waals surface area contributed by atoms with Crippen LogP contribution in [0.3, 0.4) is 0 Å². The fraction of sp³-hybridized carbons (Fsp3) is 0.300. The molecule has 1 aromatic rings. The number of nitrogens with two attached hydrogens (primary N) is 1. The smallest absolute Gasteiger partial charge is 0.255 e. The fourth-order valence-corrected chi connectivity index (χ4v) is 1.15. The lowest BCUT2D eigenvalue weighted by Gasteiger charge is -2.07. The first-order valence-electron chi connectivity index (χ1n) is 4.43. The molecule has 5 heteroatoms. The van der Waals surface area contributed by atoms with E-state index in [4.69, 9.17) is 5.73 Å². The normalized spacial score (nSPS) is 10.4. The van der Waals surface area contributed by atoms with Gasteiger partial charge in [0.1, 0.15) is 0 Å². The lowest BCUT2D eigenvalue weighted by atomic mass is 10.1. The van der Waals surface area contributed by atoms with E-state index in [-0.39, 0.29) is 0 Å². The molecule has 1 amide bonds. The first-order chi connectivity index (χ1) is 7.00. The van der Waals surface area contributed by atoms with E-state index >= 15 is 0 Å². The van der Waals surface area contributed by atoms with Gasteiger partial charge in [0.05, 0.1) is 6.54 Å². The molecule has 15 heavy (non-hydrogen) atoms. The lowest BCUT2D eigenvalue weighted by molar-refractivity contribution is 0.0891. The molecule has 0 bridgehead atoms. The molecule has 0 aliphatic rings. The van der Waals surface area contributed by atoms with E-state index in [0.29, 0.717) is 16.8 Å². The first-order valence-corrected chi connectivity index (χ1v) is 4.43. The summed E-state index contributed by atoms with van der Waals surface area (Å²) >= 11 is 0. The Balaban J connectivity index is 2.77. The molecule has 1 aromatic carbocycles. The molecule has 0 radical (unpaired) electrons. The Morgan fingerprint density at radius 3 is 2.80 bits per heavy atom. The number of hydrogen-bond acceptors (Lipinski definition) is 2. The Labute approximate surface area is 86.3 Å². The van der Waals surface area contributed by atoms with Crippen LogP contribution in [0.4, 0.5) is 14.5 Å². The van der Waals surface area contributed by atoms with Crippen molar-refractivity contribution in [1.29, 1.82) is 0 Å². The molecule has 0 aliphatic carbocycles. The van der Waals surface area contributed by atoms with Gasteiger partial charge < -0.3 is 11.1 Å². The number of halogens is 2. The number of anilines is 1. The van der Waals surface area contributed by atoms with Crippen LogP contribution in [0.5, 0.6) is 0 Å². The predicted octanol–water partition coefficient (Wildman–Crippen LogP) is 1.57. The van der Waals surface area contributed by atoms with Gasteiger partial charge in [-0.25, -0.2) is 8.78 Å². The monoisotopic (exact) mass is 214 g/mol. The number of carbonyl (C=O) groups excluding carboxylic acids is 1. The molecule has 3 N–H and O–H groups in total. The van der Waals surface area contributed by atoms with Crippen LogP contribution in [0.15, 0.2) is 18.2 Å². The van der Waals surface area contributed by atoms with Gasteiger partial charge in [0.25, 0.3) is 12.3 Å². The lowest BCUT2D eigenvalue weighted by Crippen LogP contribution is -2.29. The van der Waals surface area contributed by atoms with Gasteiger partial charge in [-0.1, -0.05) is 6.07 Å². The van der Waals surface area contributed by atoms with Gasteiger partial charge in [0.15, 0.2) is 0 Å². The van der Waals surface area contributed by atoms with E-state index in [1.807, 2.05) is 0 Å². The molecule has 0 saturated carbocycles. The van der Waals surface area contributed by atoms with Crippen LogP contribution < -0.4 is 11.1 Å². The SMILES string of the molecule is Cc1ccc(N)cc1C(=O)NCC(F)F. The molecule has 0 saturated heterocycles. The van der Waals surface area contributed by atoms with Crippen LogP contribution in [0.2, 0.25) is 0 Å². The number of rotatable bonds is 3. The van der Waals surface area contributed by atoms with Crippen LogP contribution in [-0.4, -0.2) is 18.9 Å². The fourth-order valence-electron chi connectivity index (χ4n) is 1.15. The van der Waals surface area contributed by atoms with Gasteiger partial charge in [-0.05, 0) is 24.6 Å². The molecule has 82 valence electrons. The first kappa shape index (κ1) is 11.4. The molecular weight excluding hydrogens is 202 g/mol. The Morgan fingerprint density at radius 1 is 1.53 bits per heavy atom. The summed E-state index contributed by atoms with van der Waals surface area (Å²) in [7, 11) is 0. The van der Waals surface area contributed by atoms with E-state index in [9.17, 15) is 13.6 Å². The maximum Gasteiger partial charge on any atom is 0.255 e. The third-order valence-corrected chi connectivity index (χ3v) is 1.92. The third-order valence-electron chi connectivity index (χ3n) is 1.92. The Bertz CT molecular complexity index is 366. The summed E-state index contributed by atoms with van der Waals surface area (Å²) in [4.78, 5) is 11.4. The number of carbonyl (C=O) groups is 1. The topological polar surface area (TPSA) is 55.1 Å². The molecule has 3 nitrogen and oxygen atoms in total. The van der Waals surface area contributed by atoms with Crippen molar-refractivity contribution in [2.45, 2.75) is 13.3 Å². The number of alkyl halides is 2. The number of benzene rings is 1. The van der Waals surface area contributed by atoms with Gasteiger partial charge in [-0.2, -0.15) is 0 Å². The van der Waals surface area contributed by atoms with Gasteiger partial charge in [-0.15, -0.1) is 0 Å². The number of amides is 1. The molecule has 0 heterocycles. The van der Waals surface area contributed by atoms with Crippen molar-refractivity contribution in [3.05, 3.63) is 29.3 Å². The van der Waals surface area contributed by atoms with Crippen molar-refractivity contribution >= 4 is 11.6 Å². The third kappa shape index (κ3) is 3.19. The largest absolute Gasteiger partial charge is 0.399 e. The van der Waals surface area contributed by atoms with E-state index in [2.05, 4.69) is 5.32 Å².